The maximum absolute atomic E-state index is 6.13. The quantitative estimate of drug-likeness (QED) is 0.742. The third-order valence-electron chi connectivity index (χ3n) is 3.95. The van der Waals surface area contributed by atoms with E-state index in [2.05, 4.69) is 38.2 Å². The van der Waals surface area contributed by atoms with E-state index in [1.54, 1.807) is 0 Å². The number of hydrogen-bond donors (Lipinski definition) is 1. The van der Waals surface area contributed by atoms with Crippen molar-refractivity contribution in [2.45, 2.75) is 52.2 Å². The van der Waals surface area contributed by atoms with Crippen LogP contribution >= 0.6 is 0 Å². The Morgan fingerprint density at radius 1 is 1.10 bits per heavy atom. The van der Waals surface area contributed by atoms with Crippen molar-refractivity contribution in [2.24, 2.45) is 0 Å². The van der Waals surface area contributed by atoms with E-state index >= 15 is 0 Å². The van der Waals surface area contributed by atoms with Gasteiger partial charge < -0.3 is 14.8 Å². The van der Waals surface area contributed by atoms with Crippen LogP contribution in [0.25, 0.3) is 0 Å². The minimum absolute atomic E-state index is 0.165. The number of benzene rings is 1. The van der Waals surface area contributed by atoms with Gasteiger partial charge in [0.05, 0.1) is 18.2 Å². The fraction of sp³-hybridized carbons (Fsp3) is 0.647. The second kappa shape index (κ2) is 8.28. The molecule has 0 amide bonds. The van der Waals surface area contributed by atoms with Gasteiger partial charge in [-0.1, -0.05) is 26.0 Å². The van der Waals surface area contributed by atoms with Crippen molar-refractivity contribution in [1.82, 2.24) is 5.32 Å². The van der Waals surface area contributed by atoms with Crippen LogP contribution in [0.4, 0.5) is 0 Å². The predicted molar refractivity (Wildman–Crippen MR) is 84.4 cm³/mol. The zero-order valence-corrected chi connectivity index (χ0v) is 13.5. The second-order valence-electron chi connectivity index (χ2n) is 4.93. The highest BCUT2D eigenvalue weighted by atomic mass is 16.5. The van der Waals surface area contributed by atoms with E-state index in [1.165, 1.54) is 5.56 Å². The van der Waals surface area contributed by atoms with E-state index in [0.29, 0.717) is 6.61 Å². The molecule has 1 unspecified atom stereocenters. The fourth-order valence-electron chi connectivity index (χ4n) is 2.92. The van der Waals surface area contributed by atoms with Crippen molar-refractivity contribution in [3.8, 4) is 5.75 Å². The van der Waals surface area contributed by atoms with Gasteiger partial charge in [-0.05, 0) is 51.4 Å². The van der Waals surface area contributed by atoms with Gasteiger partial charge in [-0.25, -0.2) is 0 Å². The molecule has 3 nitrogen and oxygen atoms in total. The van der Waals surface area contributed by atoms with Crippen molar-refractivity contribution >= 4 is 0 Å². The van der Waals surface area contributed by atoms with Gasteiger partial charge in [0.1, 0.15) is 5.75 Å². The first-order chi connectivity index (χ1) is 9.67. The molecule has 20 heavy (non-hydrogen) atoms. The van der Waals surface area contributed by atoms with Crippen LogP contribution in [0.15, 0.2) is 24.3 Å². The van der Waals surface area contributed by atoms with Gasteiger partial charge in [-0.15, -0.1) is 0 Å². The monoisotopic (exact) mass is 279 g/mol. The third kappa shape index (κ3) is 3.74. The molecule has 0 aliphatic rings. The van der Waals surface area contributed by atoms with Crippen LogP contribution in [0, 0.1) is 0 Å². The van der Waals surface area contributed by atoms with Crippen LogP contribution in [-0.2, 0) is 4.74 Å². The molecule has 0 saturated heterocycles. The largest absolute Gasteiger partial charge is 0.494 e. The van der Waals surface area contributed by atoms with Gasteiger partial charge in [-0.2, -0.15) is 0 Å². The van der Waals surface area contributed by atoms with Crippen LogP contribution in [0.3, 0.4) is 0 Å². The third-order valence-corrected chi connectivity index (χ3v) is 3.95. The molecule has 0 aromatic heterocycles. The number of likely N-dealkylation sites (N-methyl/N-ethyl adjacent to an activating group) is 1. The summed E-state index contributed by atoms with van der Waals surface area (Å²) in [6, 6.07) is 8.47. The predicted octanol–water partition coefficient (Wildman–Crippen LogP) is 3.94. The number of hydrogen-bond acceptors (Lipinski definition) is 3. The van der Waals surface area contributed by atoms with E-state index in [9.17, 15) is 0 Å². The lowest BCUT2D eigenvalue weighted by molar-refractivity contribution is -0.0718. The minimum Gasteiger partial charge on any atom is -0.494 e. The molecular formula is C17H29NO2. The number of rotatable bonds is 9. The van der Waals surface area contributed by atoms with Gasteiger partial charge in [-0.3, -0.25) is 0 Å². The Bertz CT molecular complexity index is 388. The highest BCUT2D eigenvalue weighted by Crippen LogP contribution is 2.36. The molecule has 1 atom stereocenters. The normalized spacial score (nSPS) is 13.2. The summed E-state index contributed by atoms with van der Waals surface area (Å²) in [5.74, 6) is 0.919. The molecule has 1 N–H and O–H groups in total. The minimum atomic E-state index is -0.172. The van der Waals surface area contributed by atoms with Gasteiger partial charge in [0.15, 0.2) is 0 Å². The lowest BCUT2D eigenvalue weighted by Gasteiger charge is -2.39. The van der Waals surface area contributed by atoms with Gasteiger partial charge in [0, 0.05) is 6.61 Å². The summed E-state index contributed by atoms with van der Waals surface area (Å²) >= 11 is 0. The topological polar surface area (TPSA) is 30.5 Å². The van der Waals surface area contributed by atoms with Crippen molar-refractivity contribution in [3.05, 3.63) is 29.8 Å². The van der Waals surface area contributed by atoms with Crippen LogP contribution in [0.1, 0.15) is 52.1 Å². The van der Waals surface area contributed by atoms with Crippen molar-refractivity contribution in [3.63, 3.8) is 0 Å². The smallest absolute Gasteiger partial charge is 0.119 e. The summed E-state index contributed by atoms with van der Waals surface area (Å²) in [4.78, 5) is 0. The molecule has 0 fully saturated rings. The molecule has 114 valence electrons. The molecule has 1 aromatic rings. The molecule has 0 radical (unpaired) electrons. The van der Waals surface area contributed by atoms with Gasteiger partial charge in [0.25, 0.3) is 0 Å². The SMILES string of the molecule is CCOc1cccc(C(NC)C(CC)(CC)OCC)c1. The zero-order valence-electron chi connectivity index (χ0n) is 13.5. The number of ether oxygens (including phenoxy) is 2. The summed E-state index contributed by atoms with van der Waals surface area (Å²) in [6.45, 7) is 9.86. The first-order valence-electron chi connectivity index (χ1n) is 7.71. The summed E-state index contributed by atoms with van der Waals surface area (Å²) in [5.41, 5.74) is 1.05. The average Bonchev–Trinajstić information content (AvgIpc) is 2.48. The van der Waals surface area contributed by atoms with Crippen molar-refractivity contribution < 1.29 is 9.47 Å². The Hall–Kier alpha value is -1.06. The number of nitrogens with one attached hydrogen (secondary N) is 1. The van der Waals surface area contributed by atoms with E-state index in [4.69, 9.17) is 9.47 Å². The summed E-state index contributed by atoms with van der Waals surface area (Å²) in [6.07, 6.45) is 1.95. The highest BCUT2D eigenvalue weighted by Gasteiger charge is 2.36. The van der Waals surface area contributed by atoms with Crippen LogP contribution in [0.5, 0.6) is 5.75 Å². The van der Waals surface area contributed by atoms with E-state index in [1.807, 2.05) is 26.1 Å². The standard InChI is InChI=1S/C17H29NO2/c1-6-17(7-2,20-9-4)16(18-5)14-11-10-12-15(13-14)19-8-3/h10-13,16,18H,6-9H2,1-5H3. The van der Waals surface area contributed by atoms with E-state index in [0.717, 1.165) is 25.2 Å². The Kier molecular flexibility index (Phi) is 7.03. The van der Waals surface area contributed by atoms with Crippen molar-refractivity contribution in [1.29, 1.82) is 0 Å². The maximum Gasteiger partial charge on any atom is 0.119 e. The first-order valence-corrected chi connectivity index (χ1v) is 7.71. The Labute approximate surface area is 123 Å². The second-order valence-corrected chi connectivity index (χ2v) is 4.93. The molecule has 0 aliphatic heterocycles. The molecule has 1 aromatic carbocycles. The van der Waals surface area contributed by atoms with Crippen molar-refractivity contribution in [2.75, 3.05) is 20.3 Å². The fourth-order valence-corrected chi connectivity index (χ4v) is 2.92. The van der Waals surface area contributed by atoms with Crippen LogP contribution in [-0.4, -0.2) is 25.9 Å². The molecular weight excluding hydrogens is 250 g/mol. The molecule has 1 rings (SSSR count). The van der Waals surface area contributed by atoms with Gasteiger partial charge >= 0.3 is 0 Å². The lowest BCUT2D eigenvalue weighted by Crippen LogP contribution is -2.44. The van der Waals surface area contributed by atoms with Crippen LogP contribution in [0.2, 0.25) is 0 Å². The zero-order chi connectivity index (χ0) is 15.0. The summed E-state index contributed by atoms with van der Waals surface area (Å²) in [7, 11) is 2.00. The molecule has 0 saturated carbocycles. The lowest BCUT2D eigenvalue weighted by atomic mass is 9.83. The Morgan fingerprint density at radius 2 is 1.80 bits per heavy atom. The summed E-state index contributed by atoms with van der Waals surface area (Å²) in [5, 5.41) is 3.43. The average molecular weight is 279 g/mol. The van der Waals surface area contributed by atoms with E-state index in [-0.39, 0.29) is 11.6 Å². The molecule has 0 bridgehead atoms. The Morgan fingerprint density at radius 3 is 2.30 bits per heavy atom. The Balaban J connectivity index is 3.12. The summed E-state index contributed by atoms with van der Waals surface area (Å²) < 4.78 is 11.7. The first kappa shape index (κ1) is 17.0. The molecule has 0 spiro atoms. The molecule has 3 heteroatoms. The molecule has 0 aliphatic carbocycles. The highest BCUT2D eigenvalue weighted by molar-refractivity contribution is 5.32. The van der Waals surface area contributed by atoms with Crippen LogP contribution < -0.4 is 10.1 Å². The maximum atomic E-state index is 6.13. The van der Waals surface area contributed by atoms with E-state index < -0.39 is 0 Å². The molecule has 0 heterocycles. The van der Waals surface area contributed by atoms with Gasteiger partial charge in [0.2, 0.25) is 0 Å².